The summed E-state index contributed by atoms with van der Waals surface area (Å²) in [5.74, 6) is 0. The minimum atomic E-state index is -0.462. The number of aromatic amines is 1. The lowest BCUT2D eigenvalue weighted by Crippen LogP contribution is -1.75. The van der Waals surface area contributed by atoms with Crippen LogP contribution in [0.4, 0.5) is 4.39 Å². The molecule has 3 heteroatoms. The van der Waals surface area contributed by atoms with Crippen molar-refractivity contribution in [3.63, 3.8) is 0 Å². The molecular weight excluding hydrogens is 143 g/mol. The van der Waals surface area contributed by atoms with Gasteiger partial charge in [-0.05, 0) is 18.2 Å². The van der Waals surface area contributed by atoms with Gasteiger partial charge in [-0.2, -0.15) is 0 Å². The molecule has 0 amide bonds. The van der Waals surface area contributed by atoms with Gasteiger partial charge in [0.2, 0.25) is 0 Å². The highest BCUT2D eigenvalue weighted by Crippen LogP contribution is 2.12. The molecule has 0 aromatic carbocycles. The first-order valence-corrected chi connectivity index (χ1v) is 3.39. The Labute approximate surface area is 63.1 Å². The summed E-state index contributed by atoms with van der Waals surface area (Å²) in [5.41, 5.74) is 1.33. The molecule has 0 atom stereocenters. The zero-order valence-corrected chi connectivity index (χ0v) is 5.84. The van der Waals surface area contributed by atoms with Crippen LogP contribution < -0.4 is 0 Å². The van der Waals surface area contributed by atoms with Crippen molar-refractivity contribution in [1.82, 2.24) is 9.97 Å². The number of aromatic nitrogens is 2. The van der Waals surface area contributed by atoms with Crippen molar-refractivity contribution in [1.29, 1.82) is 0 Å². The van der Waals surface area contributed by atoms with Crippen LogP contribution in [0.1, 0.15) is 5.69 Å². The van der Waals surface area contributed by atoms with Crippen LogP contribution in [0.2, 0.25) is 0 Å². The third kappa shape index (κ3) is 0.981. The molecule has 56 valence electrons. The normalized spacial score (nSPS) is 10.6. The van der Waals surface area contributed by atoms with Gasteiger partial charge in [-0.3, -0.25) is 0 Å². The van der Waals surface area contributed by atoms with Crippen molar-refractivity contribution < 1.29 is 4.39 Å². The van der Waals surface area contributed by atoms with Crippen molar-refractivity contribution in [3.05, 3.63) is 30.1 Å². The largest absolute Gasteiger partial charge is 0.341 e. The molecule has 0 saturated carbocycles. The molecule has 2 rings (SSSR count). The minimum absolute atomic E-state index is 0.462. The Morgan fingerprint density at radius 1 is 1.55 bits per heavy atom. The molecule has 11 heavy (non-hydrogen) atoms. The molecular formula is C8H7FN2. The van der Waals surface area contributed by atoms with Crippen LogP contribution in [0.15, 0.2) is 24.4 Å². The van der Waals surface area contributed by atoms with E-state index in [1.165, 1.54) is 0 Å². The summed E-state index contributed by atoms with van der Waals surface area (Å²) in [6.45, 7) is -0.462. The monoisotopic (exact) mass is 150 g/mol. The fourth-order valence-electron chi connectivity index (χ4n) is 1.09. The molecule has 0 bridgehead atoms. The van der Waals surface area contributed by atoms with E-state index in [-0.39, 0.29) is 0 Å². The molecule has 2 heterocycles. The number of halogens is 1. The van der Waals surface area contributed by atoms with Crippen molar-refractivity contribution in [2.45, 2.75) is 6.67 Å². The third-order valence-corrected chi connectivity index (χ3v) is 1.59. The maximum absolute atomic E-state index is 12.1. The Bertz CT molecular complexity index is 334. The van der Waals surface area contributed by atoms with Gasteiger partial charge in [0.15, 0.2) is 0 Å². The lowest BCUT2D eigenvalue weighted by molar-refractivity contribution is 0.478. The molecule has 0 aliphatic rings. The maximum Gasteiger partial charge on any atom is 0.137 e. The van der Waals surface area contributed by atoms with Gasteiger partial charge in [-0.1, -0.05) is 0 Å². The second-order valence-corrected chi connectivity index (χ2v) is 2.37. The highest BCUT2D eigenvalue weighted by molar-refractivity contribution is 5.75. The van der Waals surface area contributed by atoms with Gasteiger partial charge in [0, 0.05) is 17.3 Å². The first kappa shape index (κ1) is 6.34. The van der Waals surface area contributed by atoms with E-state index in [4.69, 9.17) is 0 Å². The fourth-order valence-corrected chi connectivity index (χ4v) is 1.09. The first-order chi connectivity index (χ1) is 5.40. The average molecular weight is 150 g/mol. The molecule has 2 aromatic rings. The summed E-state index contributed by atoms with van der Waals surface area (Å²) in [5, 5.41) is 0.958. The first-order valence-electron chi connectivity index (χ1n) is 3.39. The molecule has 2 aromatic heterocycles. The number of fused-ring (bicyclic) bond motifs is 1. The number of nitrogens with one attached hydrogen (secondary N) is 1. The maximum atomic E-state index is 12.1. The summed E-state index contributed by atoms with van der Waals surface area (Å²) in [4.78, 5) is 6.89. The second kappa shape index (κ2) is 2.34. The van der Waals surface area contributed by atoms with Crippen molar-refractivity contribution in [2.24, 2.45) is 0 Å². The van der Waals surface area contributed by atoms with Gasteiger partial charge in [-0.25, -0.2) is 9.37 Å². The van der Waals surface area contributed by atoms with Crippen LogP contribution in [0.3, 0.4) is 0 Å². The standard InChI is InChI=1S/C8H7FN2/c9-5-7-4-6-2-1-3-10-8(6)11-7/h1-4H,5H2,(H,10,11). The van der Waals surface area contributed by atoms with E-state index in [0.29, 0.717) is 5.69 Å². The van der Waals surface area contributed by atoms with Gasteiger partial charge >= 0.3 is 0 Å². The highest BCUT2D eigenvalue weighted by atomic mass is 19.1. The van der Waals surface area contributed by atoms with Gasteiger partial charge in [-0.15, -0.1) is 0 Å². The van der Waals surface area contributed by atoms with Crippen LogP contribution >= 0.6 is 0 Å². The number of pyridine rings is 1. The minimum Gasteiger partial charge on any atom is -0.341 e. The van der Waals surface area contributed by atoms with Crippen LogP contribution in [0.25, 0.3) is 11.0 Å². The number of alkyl halides is 1. The molecule has 0 saturated heterocycles. The third-order valence-electron chi connectivity index (χ3n) is 1.59. The van der Waals surface area contributed by atoms with Crippen LogP contribution in [0, 0.1) is 0 Å². The topological polar surface area (TPSA) is 28.7 Å². The average Bonchev–Trinajstić information content (AvgIpc) is 2.46. The molecule has 0 aliphatic heterocycles. The van der Waals surface area contributed by atoms with E-state index < -0.39 is 6.67 Å². The van der Waals surface area contributed by atoms with Gasteiger partial charge in [0.05, 0.1) is 0 Å². The Balaban J connectivity index is 2.69. The van der Waals surface area contributed by atoms with E-state index in [1.54, 1.807) is 12.3 Å². The zero-order valence-electron chi connectivity index (χ0n) is 5.84. The number of H-pyrrole nitrogens is 1. The van der Waals surface area contributed by atoms with E-state index in [1.807, 2.05) is 12.1 Å². The number of hydrogen-bond donors (Lipinski definition) is 1. The van der Waals surface area contributed by atoms with Gasteiger partial charge in [0.25, 0.3) is 0 Å². The van der Waals surface area contributed by atoms with Crippen molar-refractivity contribution in [3.8, 4) is 0 Å². The SMILES string of the molecule is FCc1cc2cccnc2[nH]1. The Morgan fingerprint density at radius 2 is 2.45 bits per heavy atom. The summed E-state index contributed by atoms with van der Waals surface area (Å²) in [6.07, 6.45) is 1.68. The van der Waals surface area contributed by atoms with Crippen LogP contribution in [-0.2, 0) is 6.67 Å². The summed E-state index contributed by atoms with van der Waals surface area (Å²) >= 11 is 0. The second-order valence-electron chi connectivity index (χ2n) is 2.37. The molecule has 2 nitrogen and oxygen atoms in total. The van der Waals surface area contributed by atoms with E-state index in [9.17, 15) is 4.39 Å². The molecule has 0 spiro atoms. The summed E-state index contributed by atoms with van der Waals surface area (Å²) in [6, 6.07) is 5.50. The van der Waals surface area contributed by atoms with Crippen LogP contribution in [0.5, 0.6) is 0 Å². The molecule has 0 aliphatic carbocycles. The van der Waals surface area contributed by atoms with Crippen molar-refractivity contribution >= 4 is 11.0 Å². The molecule has 1 N–H and O–H groups in total. The lowest BCUT2D eigenvalue weighted by atomic mass is 10.3. The molecule has 0 fully saturated rings. The van der Waals surface area contributed by atoms with E-state index in [0.717, 1.165) is 11.0 Å². The Morgan fingerprint density at radius 3 is 3.18 bits per heavy atom. The van der Waals surface area contributed by atoms with E-state index in [2.05, 4.69) is 9.97 Å². The fraction of sp³-hybridized carbons (Fsp3) is 0.125. The predicted molar refractivity (Wildman–Crippen MR) is 40.9 cm³/mol. The number of hydrogen-bond acceptors (Lipinski definition) is 1. The Kier molecular flexibility index (Phi) is 1.35. The summed E-state index contributed by atoms with van der Waals surface area (Å²) < 4.78 is 12.1. The molecule has 0 radical (unpaired) electrons. The molecule has 0 unspecified atom stereocenters. The van der Waals surface area contributed by atoms with Crippen LogP contribution in [-0.4, -0.2) is 9.97 Å². The van der Waals surface area contributed by atoms with Gasteiger partial charge < -0.3 is 4.98 Å². The zero-order chi connectivity index (χ0) is 7.68. The van der Waals surface area contributed by atoms with Crippen molar-refractivity contribution in [2.75, 3.05) is 0 Å². The summed E-state index contributed by atoms with van der Waals surface area (Å²) in [7, 11) is 0. The smallest absolute Gasteiger partial charge is 0.137 e. The quantitative estimate of drug-likeness (QED) is 0.662. The van der Waals surface area contributed by atoms with E-state index >= 15 is 0 Å². The number of nitrogens with zero attached hydrogens (tertiary/aromatic N) is 1. The lowest BCUT2D eigenvalue weighted by Gasteiger charge is -1.83. The van der Waals surface area contributed by atoms with Gasteiger partial charge in [0.1, 0.15) is 12.3 Å². The Hall–Kier alpha value is -1.38. The predicted octanol–water partition coefficient (Wildman–Crippen LogP) is 2.03. The highest BCUT2D eigenvalue weighted by Gasteiger charge is 1.98. The number of rotatable bonds is 1.